The summed E-state index contributed by atoms with van der Waals surface area (Å²) in [4.78, 5) is 21.7. The summed E-state index contributed by atoms with van der Waals surface area (Å²) < 4.78 is 10.6. The van der Waals surface area contributed by atoms with Crippen LogP contribution in [0, 0.1) is 0 Å². The lowest BCUT2D eigenvalue weighted by atomic mass is 10.1. The van der Waals surface area contributed by atoms with Gasteiger partial charge in [0.1, 0.15) is 12.2 Å². The highest BCUT2D eigenvalue weighted by Crippen LogP contribution is 2.13. The minimum atomic E-state index is -0.711. The van der Waals surface area contributed by atoms with Gasteiger partial charge in [0.2, 0.25) is 0 Å². The van der Waals surface area contributed by atoms with E-state index in [0.717, 1.165) is 24.8 Å². The van der Waals surface area contributed by atoms with Crippen LogP contribution in [-0.2, 0) is 25.7 Å². The van der Waals surface area contributed by atoms with Crippen LogP contribution < -0.4 is 0 Å². The molecule has 1 aromatic rings. The second-order valence-corrected chi connectivity index (χ2v) is 4.66. The summed E-state index contributed by atoms with van der Waals surface area (Å²) in [6, 6.07) is 9.59. The van der Waals surface area contributed by atoms with E-state index in [-0.39, 0.29) is 0 Å². The van der Waals surface area contributed by atoms with Crippen molar-refractivity contribution in [1.29, 1.82) is 0 Å². The molecule has 20 heavy (non-hydrogen) atoms. The van der Waals surface area contributed by atoms with Crippen molar-refractivity contribution >= 4 is 12.8 Å². The molecule has 0 saturated heterocycles. The average Bonchev–Trinajstić information content (AvgIpc) is 2.49. The van der Waals surface area contributed by atoms with Crippen molar-refractivity contribution in [2.75, 3.05) is 0 Å². The highest BCUT2D eigenvalue weighted by atomic mass is 16.6. The number of ether oxygens (including phenoxy) is 2. The van der Waals surface area contributed by atoms with E-state index in [2.05, 4.69) is 6.92 Å². The minimum absolute atomic E-state index is 0.330. The van der Waals surface area contributed by atoms with Crippen LogP contribution in [0.1, 0.15) is 38.2 Å². The highest BCUT2D eigenvalue weighted by Gasteiger charge is 2.22. The van der Waals surface area contributed by atoms with Gasteiger partial charge in [-0.25, -0.2) is 0 Å². The molecule has 0 aliphatic heterocycles. The lowest BCUT2D eigenvalue weighted by molar-refractivity contribution is -0.147. The zero-order valence-corrected chi connectivity index (χ0v) is 11.9. The summed E-state index contributed by atoms with van der Waals surface area (Å²) in [5, 5.41) is 0. The molecule has 0 spiro atoms. The molecule has 0 radical (unpaired) electrons. The van der Waals surface area contributed by atoms with Crippen LogP contribution in [0.4, 0.5) is 0 Å². The first-order valence-corrected chi connectivity index (χ1v) is 7.01. The Morgan fingerprint density at radius 1 is 1.15 bits per heavy atom. The van der Waals surface area contributed by atoms with Gasteiger partial charge in [-0.2, -0.15) is 0 Å². The van der Waals surface area contributed by atoms with E-state index in [1.807, 2.05) is 30.3 Å². The van der Waals surface area contributed by atoms with Gasteiger partial charge in [0.15, 0.2) is 6.29 Å². The molecule has 0 aromatic heterocycles. The van der Waals surface area contributed by atoms with Crippen molar-refractivity contribution in [3.8, 4) is 0 Å². The van der Waals surface area contributed by atoms with Crippen LogP contribution in [0.15, 0.2) is 30.3 Å². The quantitative estimate of drug-likeness (QED) is 0.461. The summed E-state index contributed by atoms with van der Waals surface area (Å²) in [5.74, 6) is 0. The number of aldehydes is 1. The van der Waals surface area contributed by atoms with Gasteiger partial charge >= 0.3 is 0 Å². The third-order valence-electron chi connectivity index (χ3n) is 3.11. The topological polar surface area (TPSA) is 52.6 Å². The predicted octanol–water partition coefficient (Wildman–Crippen LogP) is 2.89. The molecule has 0 aliphatic rings. The summed E-state index contributed by atoms with van der Waals surface area (Å²) in [6.45, 7) is 2.81. The lowest BCUT2D eigenvalue weighted by Crippen LogP contribution is -2.32. The Morgan fingerprint density at radius 2 is 1.90 bits per heavy atom. The Bertz CT molecular complexity index is 377. The first kappa shape index (κ1) is 16.4. The van der Waals surface area contributed by atoms with Crippen molar-refractivity contribution in [3.05, 3.63) is 35.9 Å². The fourth-order valence-corrected chi connectivity index (χ4v) is 1.98. The monoisotopic (exact) mass is 278 g/mol. The van der Waals surface area contributed by atoms with Crippen LogP contribution in [-0.4, -0.2) is 25.0 Å². The molecule has 1 rings (SSSR count). The average molecular weight is 278 g/mol. The molecule has 0 aliphatic carbocycles. The number of hydrogen-bond acceptors (Lipinski definition) is 4. The van der Waals surface area contributed by atoms with Crippen molar-refractivity contribution in [2.24, 2.45) is 0 Å². The molecule has 1 aromatic carbocycles. The molecule has 4 nitrogen and oxygen atoms in total. The Morgan fingerprint density at radius 3 is 2.50 bits per heavy atom. The Labute approximate surface area is 120 Å². The van der Waals surface area contributed by atoms with Gasteiger partial charge in [-0.15, -0.1) is 0 Å². The number of rotatable bonds is 11. The third-order valence-corrected chi connectivity index (χ3v) is 3.11. The molecular formula is C16H22O4. The molecule has 0 bridgehead atoms. The van der Waals surface area contributed by atoms with Crippen LogP contribution in [0.5, 0.6) is 0 Å². The summed E-state index contributed by atoms with van der Waals surface area (Å²) in [6.07, 6.45) is 3.17. The molecule has 0 fully saturated rings. The zero-order chi connectivity index (χ0) is 14.6. The lowest BCUT2D eigenvalue weighted by Gasteiger charge is -2.21. The van der Waals surface area contributed by atoms with E-state index in [9.17, 15) is 9.59 Å². The van der Waals surface area contributed by atoms with Crippen molar-refractivity contribution in [2.45, 2.75) is 51.4 Å². The van der Waals surface area contributed by atoms with Gasteiger partial charge in [0.05, 0.1) is 6.61 Å². The fourth-order valence-electron chi connectivity index (χ4n) is 1.98. The first-order chi connectivity index (χ1) is 9.81. The zero-order valence-electron chi connectivity index (χ0n) is 11.9. The molecule has 110 valence electrons. The standard InChI is InChI=1S/C16H22O4/c1-2-3-5-10-15(20-13-18)16(11-17)19-12-14-8-6-4-7-9-14/h4,6-9,11,13,15-16H,2-3,5,10,12H2,1H3/t15-,16-/m0/s1. The maximum absolute atomic E-state index is 11.2. The number of benzene rings is 1. The molecule has 4 heteroatoms. The van der Waals surface area contributed by atoms with Gasteiger partial charge in [0.25, 0.3) is 6.47 Å². The molecule has 0 N–H and O–H groups in total. The molecule has 0 amide bonds. The fraction of sp³-hybridized carbons (Fsp3) is 0.500. The van der Waals surface area contributed by atoms with Crippen LogP contribution in [0.2, 0.25) is 0 Å². The Hall–Kier alpha value is -1.68. The molecule has 0 unspecified atom stereocenters. The second kappa shape index (κ2) is 10.1. The smallest absolute Gasteiger partial charge is 0.293 e. The minimum Gasteiger partial charge on any atom is -0.461 e. The number of carbonyl (C=O) groups is 2. The van der Waals surface area contributed by atoms with Crippen LogP contribution in [0.25, 0.3) is 0 Å². The van der Waals surface area contributed by atoms with Crippen molar-refractivity contribution < 1.29 is 19.1 Å². The van der Waals surface area contributed by atoms with E-state index in [0.29, 0.717) is 25.8 Å². The van der Waals surface area contributed by atoms with Crippen LogP contribution in [0.3, 0.4) is 0 Å². The maximum atomic E-state index is 11.2. The predicted molar refractivity (Wildman–Crippen MR) is 76.2 cm³/mol. The molecule has 0 saturated carbocycles. The molecular weight excluding hydrogens is 256 g/mol. The number of carbonyl (C=O) groups excluding carboxylic acids is 2. The SMILES string of the molecule is CCCCC[C@H](OC=O)[C@H](C=O)OCc1ccccc1. The summed E-state index contributed by atoms with van der Waals surface area (Å²) in [5.41, 5.74) is 0.984. The van der Waals surface area contributed by atoms with Crippen LogP contribution >= 0.6 is 0 Å². The van der Waals surface area contributed by atoms with E-state index in [1.165, 1.54) is 0 Å². The highest BCUT2D eigenvalue weighted by molar-refractivity contribution is 5.57. The number of hydrogen-bond donors (Lipinski definition) is 0. The second-order valence-electron chi connectivity index (χ2n) is 4.66. The third kappa shape index (κ3) is 5.97. The molecule has 0 heterocycles. The van der Waals surface area contributed by atoms with Gasteiger partial charge < -0.3 is 14.3 Å². The van der Waals surface area contributed by atoms with Crippen molar-refractivity contribution in [1.82, 2.24) is 0 Å². The van der Waals surface area contributed by atoms with E-state index < -0.39 is 12.2 Å². The van der Waals surface area contributed by atoms with Gasteiger partial charge in [0, 0.05) is 0 Å². The normalized spacial score (nSPS) is 13.4. The van der Waals surface area contributed by atoms with E-state index in [4.69, 9.17) is 9.47 Å². The number of unbranched alkanes of at least 4 members (excludes halogenated alkanes) is 2. The largest absolute Gasteiger partial charge is 0.461 e. The van der Waals surface area contributed by atoms with Gasteiger partial charge in [-0.1, -0.05) is 50.1 Å². The Balaban J connectivity index is 2.51. The van der Waals surface area contributed by atoms with E-state index in [1.54, 1.807) is 0 Å². The summed E-state index contributed by atoms with van der Waals surface area (Å²) >= 11 is 0. The van der Waals surface area contributed by atoms with Crippen molar-refractivity contribution in [3.63, 3.8) is 0 Å². The molecule has 2 atom stereocenters. The summed E-state index contributed by atoms with van der Waals surface area (Å²) in [7, 11) is 0. The van der Waals surface area contributed by atoms with Gasteiger partial charge in [-0.05, 0) is 18.4 Å². The van der Waals surface area contributed by atoms with Gasteiger partial charge in [-0.3, -0.25) is 4.79 Å². The maximum Gasteiger partial charge on any atom is 0.293 e. The van der Waals surface area contributed by atoms with E-state index >= 15 is 0 Å². The first-order valence-electron chi connectivity index (χ1n) is 7.01. The Kier molecular flexibility index (Phi) is 8.31.